The highest BCUT2D eigenvalue weighted by Gasteiger charge is 2.30. The molecule has 0 aliphatic carbocycles. The maximum absolute atomic E-state index is 12.0. The number of nitrogens with one attached hydrogen (secondary N) is 1. The molecule has 1 aromatic heterocycles. The van der Waals surface area contributed by atoms with Crippen LogP contribution < -0.4 is 15.8 Å². The minimum Gasteiger partial charge on any atom is -0.478 e. The molecule has 1 aliphatic heterocycles. The molecule has 2 aromatic rings. The molecule has 3 rings (SSSR count). The van der Waals surface area contributed by atoms with Gasteiger partial charge in [0.05, 0.1) is 11.4 Å². The van der Waals surface area contributed by atoms with E-state index >= 15 is 0 Å². The fourth-order valence-corrected chi connectivity index (χ4v) is 2.72. The molecule has 2 heterocycles. The summed E-state index contributed by atoms with van der Waals surface area (Å²) in [5.74, 6) is 0.707. The summed E-state index contributed by atoms with van der Waals surface area (Å²) in [6.07, 6.45) is -0.441. The predicted octanol–water partition coefficient (Wildman–Crippen LogP) is 2.75. The summed E-state index contributed by atoms with van der Waals surface area (Å²) in [6, 6.07) is 5.63. The lowest BCUT2D eigenvalue weighted by atomic mass is 10.0. The molecule has 6 heteroatoms. The van der Waals surface area contributed by atoms with E-state index in [-0.39, 0.29) is 11.8 Å². The second kappa shape index (κ2) is 4.79. The van der Waals surface area contributed by atoms with Gasteiger partial charge in [0, 0.05) is 10.9 Å². The largest absolute Gasteiger partial charge is 0.478 e. The van der Waals surface area contributed by atoms with Gasteiger partial charge in [0.15, 0.2) is 11.2 Å². The average molecular weight is 289 g/mol. The van der Waals surface area contributed by atoms with Gasteiger partial charge in [-0.25, -0.2) is 4.98 Å². The number of ether oxygens (including phenoxy) is 1. The first-order valence-electron chi connectivity index (χ1n) is 6.37. The molecule has 3 N–H and O–H groups in total. The molecule has 0 bridgehead atoms. The summed E-state index contributed by atoms with van der Waals surface area (Å²) in [4.78, 5) is 16.2. The fourth-order valence-electron chi connectivity index (χ4n) is 2.14. The third-order valence-electron chi connectivity index (χ3n) is 3.17. The Kier molecular flexibility index (Phi) is 3.10. The van der Waals surface area contributed by atoms with Crippen LogP contribution in [0.15, 0.2) is 23.6 Å². The van der Waals surface area contributed by atoms with Gasteiger partial charge in [-0.1, -0.05) is 13.8 Å². The van der Waals surface area contributed by atoms with Crippen molar-refractivity contribution in [1.82, 2.24) is 4.98 Å². The third-order valence-corrected chi connectivity index (χ3v) is 3.85. The van der Waals surface area contributed by atoms with Gasteiger partial charge in [-0.3, -0.25) is 4.79 Å². The maximum Gasteiger partial charge on any atom is 0.265 e. The van der Waals surface area contributed by atoms with Crippen LogP contribution in [0.4, 0.5) is 10.8 Å². The first-order valence-corrected chi connectivity index (χ1v) is 7.25. The van der Waals surface area contributed by atoms with E-state index in [1.165, 1.54) is 11.3 Å². The quantitative estimate of drug-likeness (QED) is 0.891. The number of carbonyl (C=O) groups excluding carboxylic acids is 1. The number of aromatic nitrogens is 1. The van der Waals surface area contributed by atoms with Crippen LogP contribution in [-0.2, 0) is 4.79 Å². The smallest absolute Gasteiger partial charge is 0.265 e. The van der Waals surface area contributed by atoms with Gasteiger partial charge >= 0.3 is 0 Å². The molecule has 1 aliphatic rings. The van der Waals surface area contributed by atoms with E-state index in [2.05, 4.69) is 10.3 Å². The van der Waals surface area contributed by atoms with Crippen molar-refractivity contribution in [3.63, 3.8) is 0 Å². The van der Waals surface area contributed by atoms with Crippen molar-refractivity contribution in [1.29, 1.82) is 0 Å². The fraction of sp³-hybridized carbons (Fsp3) is 0.286. The van der Waals surface area contributed by atoms with Crippen LogP contribution in [0.1, 0.15) is 13.8 Å². The summed E-state index contributed by atoms with van der Waals surface area (Å²) in [5, 5.41) is 5.30. The number of thiazole rings is 1. The van der Waals surface area contributed by atoms with Crippen LogP contribution in [0.5, 0.6) is 5.75 Å². The first-order chi connectivity index (χ1) is 9.54. The molecule has 0 spiro atoms. The number of nitrogen functional groups attached to an aromatic ring is 1. The van der Waals surface area contributed by atoms with Crippen LogP contribution in [0.3, 0.4) is 0 Å². The number of hydrogen-bond acceptors (Lipinski definition) is 5. The van der Waals surface area contributed by atoms with Gasteiger partial charge in [0.25, 0.3) is 5.91 Å². The predicted molar refractivity (Wildman–Crippen MR) is 79.8 cm³/mol. The van der Waals surface area contributed by atoms with Gasteiger partial charge in [-0.15, -0.1) is 11.3 Å². The van der Waals surface area contributed by atoms with Gasteiger partial charge in [0.2, 0.25) is 0 Å². The van der Waals surface area contributed by atoms with Crippen molar-refractivity contribution in [2.75, 3.05) is 11.1 Å². The summed E-state index contributed by atoms with van der Waals surface area (Å²) in [7, 11) is 0. The van der Waals surface area contributed by atoms with E-state index in [1.807, 2.05) is 37.4 Å². The second-order valence-corrected chi connectivity index (χ2v) is 5.94. The van der Waals surface area contributed by atoms with Crippen molar-refractivity contribution in [2.24, 2.45) is 5.92 Å². The molecule has 104 valence electrons. The maximum atomic E-state index is 12.0. The summed E-state index contributed by atoms with van der Waals surface area (Å²) < 4.78 is 5.75. The van der Waals surface area contributed by atoms with E-state index in [0.29, 0.717) is 16.6 Å². The Hall–Kier alpha value is -2.08. The molecule has 1 unspecified atom stereocenters. The zero-order chi connectivity index (χ0) is 14.3. The van der Waals surface area contributed by atoms with E-state index in [0.717, 1.165) is 11.3 Å². The molecule has 1 amide bonds. The Labute approximate surface area is 120 Å². The number of amides is 1. The van der Waals surface area contributed by atoms with E-state index in [9.17, 15) is 4.79 Å². The number of hydrogen-bond donors (Lipinski definition) is 2. The Morgan fingerprint density at radius 2 is 2.25 bits per heavy atom. The Bertz CT molecular complexity index is 666. The molecule has 0 radical (unpaired) electrons. The number of rotatable bonds is 2. The molecule has 0 fully saturated rings. The van der Waals surface area contributed by atoms with Crippen molar-refractivity contribution in [2.45, 2.75) is 20.0 Å². The standard InChI is InChI=1S/C14H15N3O2S/c1-7(2)12-13(18)16-9-5-8(3-4-11(9)19-12)10-6-20-14(15)17-10/h3-7,12H,1-2H3,(H2,15,17)(H,16,18). The molecule has 5 nitrogen and oxygen atoms in total. The number of anilines is 2. The highest BCUT2D eigenvalue weighted by atomic mass is 32.1. The molecule has 1 atom stereocenters. The lowest BCUT2D eigenvalue weighted by Crippen LogP contribution is -2.40. The summed E-state index contributed by atoms with van der Waals surface area (Å²) in [5.41, 5.74) is 8.02. The normalized spacial score (nSPS) is 17.6. The zero-order valence-corrected chi connectivity index (χ0v) is 12.0. The van der Waals surface area contributed by atoms with Crippen LogP contribution in [-0.4, -0.2) is 17.0 Å². The molecule has 20 heavy (non-hydrogen) atoms. The van der Waals surface area contributed by atoms with E-state index in [1.54, 1.807) is 0 Å². The number of nitrogens with zero attached hydrogens (tertiary/aromatic N) is 1. The van der Waals surface area contributed by atoms with Gasteiger partial charge in [0.1, 0.15) is 5.75 Å². The summed E-state index contributed by atoms with van der Waals surface area (Å²) in [6.45, 7) is 3.92. The monoisotopic (exact) mass is 289 g/mol. The lowest BCUT2D eigenvalue weighted by molar-refractivity contribution is -0.125. The Morgan fingerprint density at radius 3 is 2.90 bits per heavy atom. The first kappa shape index (κ1) is 12.9. The van der Waals surface area contributed by atoms with E-state index in [4.69, 9.17) is 10.5 Å². The van der Waals surface area contributed by atoms with Crippen molar-refractivity contribution >= 4 is 28.1 Å². The minimum atomic E-state index is -0.441. The van der Waals surface area contributed by atoms with Gasteiger partial charge < -0.3 is 15.8 Å². The third kappa shape index (κ3) is 2.22. The molecule has 1 aromatic carbocycles. The van der Waals surface area contributed by atoms with Crippen molar-refractivity contribution in [3.05, 3.63) is 23.6 Å². The minimum absolute atomic E-state index is 0.109. The number of carbonyl (C=O) groups is 1. The van der Waals surface area contributed by atoms with Crippen molar-refractivity contribution in [3.8, 4) is 17.0 Å². The molecular weight excluding hydrogens is 274 g/mol. The second-order valence-electron chi connectivity index (χ2n) is 5.05. The number of nitrogens with two attached hydrogens (primary N) is 1. The van der Waals surface area contributed by atoms with Crippen LogP contribution in [0.2, 0.25) is 0 Å². The zero-order valence-electron chi connectivity index (χ0n) is 11.2. The van der Waals surface area contributed by atoms with Crippen LogP contribution in [0.25, 0.3) is 11.3 Å². The number of benzene rings is 1. The summed E-state index contributed by atoms with van der Waals surface area (Å²) >= 11 is 1.39. The Balaban J connectivity index is 1.95. The Morgan fingerprint density at radius 1 is 1.45 bits per heavy atom. The lowest BCUT2D eigenvalue weighted by Gasteiger charge is -2.28. The topological polar surface area (TPSA) is 77.2 Å². The van der Waals surface area contributed by atoms with E-state index < -0.39 is 6.10 Å². The molecule has 0 saturated heterocycles. The highest BCUT2D eigenvalue weighted by Crippen LogP contribution is 2.35. The van der Waals surface area contributed by atoms with Crippen LogP contribution >= 0.6 is 11.3 Å². The van der Waals surface area contributed by atoms with Crippen LogP contribution in [0, 0.1) is 5.92 Å². The SMILES string of the molecule is CC(C)C1Oc2ccc(-c3csc(N)n3)cc2NC1=O. The average Bonchev–Trinajstić information content (AvgIpc) is 2.83. The van der Waals surface area contributed by atoms with Crippen molar-refractivity contribution < 1.29 is 9.53 Å². The van der Waals surface area contributed by atoms with Gasteiger partial charge in [-0.05, 0) is 24.1 Å². The molecule has 0 saturated carbocycles. The molecular formula is C14H15N3O2S. The highest BCUT2D eigenvalue weighted by molar-refractivity contribution is 7.13. The van der Waals surface area contributed by atoms with Gasteiger partial charge in [-0.2, -0.15) is 0 Å². The number of fused-ring (bicyclic) bond motifs is 1.